The topological polar surface area (TPSA) is 38.5 Å². The highest BCUT2D eigenvalue weighted by atomic mass is 16.5. The molecule has 0 aliphatic carbocycles. The van der Waals surface area contributed by atoms with E-state index in [4.69, 9.17) is 16.9 Å². The number of nitrogens with two attached hydrogens (primary N) is 1. The van der Waals surface area contributed by atoms with Crippen molar-refractivity contribution in [1.29, 1.82) is 0 Å². The number of terminal acetylenes is 1. The largest absolute Gasteiger partial charge is 0.379 e. The van der Waals surface area contributed by atoms with Crippen molar-refractivity contribution in [1.82, 2.24) is 4.90 Å². The second-order valence-electron chi connectivity index (χ2n) is 2.47. The molecule has 0 bridgehead atoms. The molecular weight excluding hydrogens is 152 g/mol. The van der Waals surface area contributed by atoms with Gasteiger partial charge < -0.3 is 10.5 Å². The molecule has 0 aliphatic heterocycles. The van der Waals surface area contributed by atoms with Gasteiger partial charge in [0, 0.05) is 13.1 Å². The van der Waals surface area contributed by atoms with Crippen LogP contribution in [0.5, 0.6) is 0 Å². The maximum atomic E-state index is 5.27. The predicted molar refractivity (Wildman–Crippen MR) is 50.8 cm³/mol. The van der Waals surface area contributed by atoms with Gasteiger partial charge in [0.15, 0.2) is 0 Å². The van der Waals surface area contributed by atoms with Crippen molar-refractivity contribution < 1.29 is 4.74 Å². The summed E-state index contributed by atoms with van der Waals surface area (Å²) in [5.41, 5.74) is 5.27. The fraction of sp³-hybridized carbons (Fsp3) is 0.778. The van der Waals surface area contributed by atoms with Crippen molar-refractivity contribution >= 4 is 0 Å². The van der Waals surface area contributed by atoms with E-state index >= 15 is 0 Å². The molecule has 0 aliphatic rings. The molecule has 2 N–H and O–H groups in total. The summed E-state index contributed by atoms with van der Waals surface area (Å²) in [5.74, 6) is 2.61. The summed E-state index contributed by atoms with van der Waals surface area (Å²) in [6, 6.07) is 0. The Morgan fingerprint density at radius 1 is 1.50 bits per heavy atom. The lowest BCUT2D eigenvalue weighted by molar-refractivity contribution is 0.115. The summed E-state index contributed by atoms with van der Waals surface area (Å²) < 4.78 is 5.23. The molecule has 0 aromatic carbocycles. The molecule has 3 nitrogen and oxygen atoms in total. The number of rotatable bonds is 7. The van der Waals surface area contributed by atoms with Crippen LogP contribution in [0.25, 0.3) is 0 Å². The zero-order valence-corrected chi connectivity index (χ0v) is 7.75. The van der Waals surface area contributed by atoms with Gasteiger partial charge in [0.1, 0.15) is 0 Å². The van der Waals surface area contributed by atoms with Crippen molar-refractivity contribution in [2.24, 2.45) is 5.73 Å². The monoisotopic (exact) mass is 170 g/mol. The molecule has 70 valence electrons. The molecular formula is C9H18N2O. The summed E-state index contributed by atoms with van der Waals surface area (Å²) >= 11 is 0. The van der Waals surface area contributed by atoms with Crippen LogP contribution in [-0.4, -0.2) is 44.3 Å². The lowest BCUT2D eigenvalue weighted by Gasteiger charge is -2.16. The third kappa shape index (κ3) is 6.17. The van der Waals surface area contributed by atoms with Crippen LogP contribution in [0.1, 0.15) is 6.92 Å². The van der Waals surface area contributed by atoms with E-state index in [1.54, 1.807) is 0 Å². The van der Waals surface area contributed by atoms with Crippen molar-refractivity contribution in [2.75, 3.05) is 39.4 Å². The third-order valence-corrected chi connectivity index (χ3v) is 1.58. The second-order valence-corrected chi connectivity index (χ2v) is 2.47. The predicted octanol–water partition coefficient (Wildman–Crippen LogP) is -0.0832. The van der Waals surface area contributed by atoms with Gasteiger partial charge in [-0.05, 0) is 6.54 Å². The summed E-state index contributed by atoms with van der Waals surface area (Å²) in [4.78, 5) is 2.15. The fourth-order valence-electron chi connectivity index (χ4n) is 0.857. The smallest absolute Gasteiger partial charge is 0.0599 e. The van der Waals surface area contributed by atoms with E-state index in [-0.39, 0.29) is 0 Å². The highest BCUT2D eigenvalue weighted by Gasteiger charge is 1.98. The molecule has 3 heteroatoms. The Bertz CT molecular complexity index is 131. The molecule has 0 spiro atoms. The van der Waals surface area contributed by atoms with Gasteiger partial charge in [0.25, 0.3) is 0 Å². The first-order chi connectivity index (χ1) is 5.85. The number of hydrogen-bond acceptors (Lipinski definition) is 3. The highest BCUT2D eigenvalue weighted by molar-refractivity contribution is 4.87. The molecule has 0 aromatic heterocycles. The zero-order valence-electron chi connectivity index (χ0n) is 7.75. The molecule has 12 heavy (non-hydrogen) atoms. The fourth-order valence-corrected chi connectivity index (χ4v) is 0.857. The van der Waals surface area contributed by atoms with E-state index in [9.17, 15) is 0 Å². The second kappa shape index (κ2) is 8.54. The summed E-state index contributed by atoms with van der Waals surface area (Å²) in [7, 11) is 0. The SMILES string of the molecule is C#CCN(CC)CCOCCN. The molecule has 0 atom stereocenters. The molecule has 0 saturated heterocycles. The molecule has 0 fully saturated rings. The average molecular weight is 170 g/mol. The van der Waals surface area contributed by atoms with Crippen LogP contribution in [0.2, 0.25) is 0 Å². The molecule has 0 aromatic rings. The zero-order chi connectivity index (χ0) is 9.23. The molecule has 0 heterocycles. The number of ether oxygens (including phenoxy) is 1. The molecule has 0 radical (unpaired) electrons. The minimum Gasteiger partial charge on any atom is -0.379 e. The summed E-state index contributed by atoms with van der Waals surface area (Å²) in [5, 5.41) is 0. The van der Waals surface area contributed by atoms with Crippen LogP contribution in [0.15, 0.2) is 0 Å². The summed E-state index contributed by atoms with van der Waals surface area (Å²) in [6.45, 7) is 6.57. The normalized spacial score (nSPS) is 10.2. The van der Waals surface area contributed by atoms with Crippen LogP contribution < -0.4 is 5.73 Å². The van der Waals surface area contributed by atoms with E-state index in [1.165, 1.54) is 0 Å². The van der Waals surface area contributed by atoms with Gasteiger partial charge in [-0.1, -0.05) is 12.8 Å². The Morgan fingerprint density at radius 3 is 2.75 bits per heavy atom. The van der Waals surface area contributed by atoms with E-state index in [1.807, 2.05) is 0 Å². The Kier molecular flexibility index (Phi) is 8.14. The molecule has 0 amide bonds. The van der Waals surface area contributed by atoms with E-state index in [2.05, 4.69) is 17.7 Å². The van der Waals surface area contributed by atoms with Crippen molar-refractivity contribution in [3.8, 4) is 12.3 Å². The van der Waals surface area contributed by atoms with Crippen LogP contribution >= 0.6 is 0 Å². The van der Waals surface area contributed by atoms with Gasteiger partial charge in [0.2, 0.25) is 0 Å². The van der Waals surface area contributed by atoms with Crippen molar-refractivity contribution in [3.63, 3.8) is 0 Å². The molecule has 0 rings (SSSR count). The quantitative estimate of drug-likeness (QED) is 0.429. The van der Waals surface area contributed by atoms with Gasteiger partial charge in [-0.15, -0.1) is 6.42 Å². The minimum absolute atomic E-state index is 0.585. The Labute approximate surface area is 74.9 Å². The van der Waals surface area contributed by atoms with Crippen LogP contribution in [0.3, 0.4) is 0 Å². The Hall–Kier alpha value is -0.560. The Morgan fingerprint density at radius 2 is 2.25 bits per heavy atom. The standard InChI is InChI=1S/C9H18N2O/c1-3-6-11(4-2)7-9-12-8-5-10/h1H,4-10H2,2H3. The lowest BCUT2D eigenvalue weighted by Crippen LogP contribution is -2.28. The van der Waals surface area contributed by atoms with Gasteiger partial charge in [-0.2, -0.15) is 0 Å². The summed E-state index contributed by atoms with van der Waals surface area (Å²) in [6.07, 6.45) is 5.18. The van der Waals surface area contributed by atoms with Gasteiger partial charge in [0.05, 0.1) is 19.8 Å². The van der Waals surface area contributed by atoms with E-state index in [0.717, 1.165) is 13.1 Å². The lowest BCUT2D eigenvalue weighted by atomic mass is 10.5. The van der Waals surface area contributed by atoms with E-state index < -0.39 is 0 Å². The van der Waals surface area contributed by atoms with E-state index in [0.29, 0.717) is 26.3 Å². The van der Waals surface area contributed by atoms with Gasteiger partial charge >= 0.3 is 0 Å². The maximum Gasteiger partial charge on any atom is 0.0599 e. The van der Waals surface area contributed by atoms with Gasteiger partial charge in [-0.3, -0.25) is 4.90 Å². The average Bonchev–Trinajstić information content (AvgIpc) is 2.10. The molecule has 0 unspecified atom stereocenters. The van der Waals surface area contributed by atoms with Gasteiger partial charge in [-0.25, -0.2) is 0 Å². The van der Waals surface area contributed by atoms with Crippen molar-refractivity contribution in [2.45, 2.75) is 6.92 Å². The first-order valence-electron chi connectivity index (χ1n) is 4.28. The first kappa shape index (κ1) is 11.4. The Balaban J connectivity index is 3.26. The minimum atomic E-state index is 0.585. The number of nitrogens with zero attached hydrogens (tertiary/aromatic N) is 1. The highest BCUT2D eigenvalue weighted by Crippen LogP contribution is 1.86. The first-order valence-corrected chi connectivity index (χ1v) is 4.28. The van der Waals surface area contributed by atoms with Crippen LogP contribution in [0, 0.1) is 12.3 Å². The van der Waals surface area contributed by atoms with Crippen LogP contribution in [0.4, 0.5) is 0 Å². The number of likely N-dealkylation sites (N-methyl/N-ethyl adjacent to an activating group) is 1. The van der Waals surface area contributed by atoms with Crippen molar-refractivity contribution in [3.05, 3.63) is 0 Å². The number of hydrogen-bond donors (Lipinski definition) is 1. The molecule has 0 saturated carbocycles. The third-order valence-electron chi connectivity index (χ3n) is 1.58. The maximum absolute atomic E-state index is 5.27. The van der Waals surface area contributed by atoms with Crippen LogP contribution in [-0.2, 0) is 4.74 Å².